The van der Waals surface area contributed by atoms with Crippen LogP contribution < -0.4 is 5.32 Å². The molecule has 0 saturated carbocycles. The van der Waals surface area contributed by atoms with E-state index in [1.165, 1.54) is 23.3 Å². The third-order valence-corrected chi connectivity index (χ3v) is 3.72. The van der Waals surface area contributed by atoms with E-state index in [1.807, 2.05) is 13.1 Å². The minimum Gasteiger partial charge on any atom is -0.313 e. The number of halogens is 2. The van der Waals surface area contributed by atoms with Gasteiger partial charge in [0.2, 0.25) is 0 Å². The van der Waals surface area contributed by atoms with E-state index in [0.717, 1.165) is 11.6 Å². The van der Waals surface area contributed by atoms with Gasteiger partial charge in [-0.05, 0) is 55.6 Å². The van der Waals surface area contributed by atoms with Crippen molar-refractivity contribution in [3.05, 3.63) is 70.3 Å². The Balaban J connectivity index is 2.26. The molecule has 0 fully saturated rings. The highest BCUT2D eigenvalue weighted by Crippen LogP contribution is 2.22. The Kier molecular flexibility index (Phi) is 4.50. The quantitative estimate of drug-likeness (QED) is 0.886. The van der Waals surface area contributed by atoms with E-state index in [-0.39, 0.29) is 6.04 Å². The predicted octanol–water partition coefficient (Wildman–Crippen LogP) is 4.08. The average Bonchev–Trinajstić information content (AvgIpc) is 2.41. The summed E-state index contributed by atoms with van der Waals surface area (Å²) in [5, 5.41) is 3.19. The van der Waals surface area contributed by atoms with Gasteiger partial charge in [-0.1, -0.05) is 24.3 Å². The van der Waals surface area contributed by atoms with Crippen LogP contribution in [0.4, 0.5) is 8.78 Å². The Labute approximate surface area is 118 Å². The van der Waals surface area contributed by atoms with Crippen molar-refractivity contribution in [1.29, 1.82) is 0 Å². The Hall–Kier alpha value is -1.74. The van der Waals surface area contributed by atoms with Gasteiger partial charge in [0.1, 0.15) is 11.6 Å². The third-order valence-electron chi connectivity index (χ3n) is 3.72. The van der Waals surface area contributed by atoms with Crippen LogP contribution in [-0.2, 0) is 6.42 Å². The molecule has 2 aromatic carbocycles. The number of hydrogen-bond acceptors (Lipinski definition) is 1. The van der Waals surface area contributed by atoms with Gasteiger partial charge in [0.15, 0.2) is 0 Å². The second kappa shape index (κ2) is 6.14. The third kappa shape index (κ3) is 3.23. The lowest BCUT2D eigenvalue weighted by Gasteiger charge is -2.18. The summed E-state index contributed by atoms with van der Waals surface area (Å²) in [5.41, 5.74) is 4.07. The van der Waals surface area contributed by atoms with Crippen LogP contribution >= 0.6 is 0 Å². The van der Waals surface area contributed by atoms with Gasteiger partial charge in [-0.3, -0.25) is 0 Å². The minimum absolute atomic E-state index is 0.00858. The molecule has 1 N–H and O–H groups in total. The lowest BCUT2D eigenvalue weighted by Crippen LogP contribution is -2.19. The van der Waals surface area contributed by atoms with Crippen LogP contribution in [0.25, 0.3) is 0 Å². The molecule has 1 unspecified atom stereocenters. The minimum atomic E-state index is -0.543. The molecule has 0 bridgehead atoms. The monoisotopic (exact) mass is 275 g/mol. The molecule has 3 heteroatoms. The summed E-state index contributed by atoms with van der Waals surface area (Å²) < 4.78 is 26.7. The summed E-state index contributed by atoms with van der Waals surface area (Å²) in [6.45, 7) is 4.12. The summed E-state index contributed by atoms with van der Waals surface area (Å²) in [6.07, 6.45) is 0.491. The normalized spacial score (nSPS) is 12.4. The Bertz CT molecular complexity index is 608. The van der Waals surface area contributed by atoms with E-state index in [2.05, 4.69) is 31.3 Å². The Morgan fingerprint density at radius 1 is 1.00 bits per heavy atom. The first-order chi connectivity index (χ1) is 9.51. The van der Waals surface area contributed by atoms with E-state index >= 15 is 0 Å². The molecule has 0 aromatic heterocycles. The second-order valence-corrected chi connectivity index (χ2v) is 5.12. The van der Waals surface area contributed by atoms with Gasteiger partial charge in [-0.15, -0.1) is 0 Å². The van der Waals surface area contributed by atoms with Crippen LogP contribution in [0.3, 0.4) is 0 Å². The van der Waals surface area contributed by atoms with Crippen molar-refractivity contribution in [3.8, 4) is 0 Å². The molecule has 0 aliphatic rings. The zero-order valence-corrected chi connectivity index (χ0v) is 12.0. The van der Waals surface area contributed by atoms with E-state index in [0.29, 0.717) is 12.0 Å². The Morgan fingerprint density at radius 2 is 1.75 bits per heavy atom. The van der Waals surface area contributed by atoms with E-state index in [1.54, 1.807) is 0 Å². The molecule has 0 amide bonds. The molecule has 20 heavy (non-hydrogen) atoms. The highest BCUT2D eigenvalue weighted by atomic mass is 19.1. The summed E-state index contributed by atoms with van der Waals surface area (Å²) in [4.78, 5) is 0. The predicted molar refractivity (Wildman–Crippen MR) is 77.8 cm³/mol. The fraction of sp³-hybridized carbons (Fsp3) is 0.294. The molecule has 2 aromatic rings. The molecule has 106 valence electrons. The van der Waals surface area contributed by atoms with E-state index in [9.17, 15) is 8.78 Å². The number of hydrogen-bond donors (Lipinski definition) is 1. The largest absolute Gasteiger partial charge is 0.313 e. The Morgan fingerprint density at radius 3 is 2.35 bits per heavy atom. The molecular weight excluding hydrogens is 256 g/mol. The standard InChI is InChI=1S/C17H19F2N/c1-11-4-5-14(8-12(11)2)17(20-3)9-13-6-7-15(18)10-16(13)19/h4-8,10,17,20H,9H2,1-3H3. The SMILES string of the molecule is CNC(Cc1ccc(F)cc1F)c1ccc(C)c(C)c1. The molecule has 1 nitrogen and oxygen atoms in total. The van der Waals surface area contributed by atoms with Gasteiger partial charge >= 0.3 is 0 Å². The van der Waals surface area contributed by atoms with Gasteiger partial charge in [-0.2, -0.15) is 0 Å². The van der Waals surface area contributed by atoms with Gasteiger partial charge < -0.3 is 5.32 Å². The molecular formula is C17H19F2N. The van der Waals surface area contributed by atoms with E-state index < -0.39 is 11.6 Å². The van der Waals surface area contributed by atoms with Crippen molar-refractivity contribution < 1.29 is 8.78 Å². The maximum Gasteiger partial charge on any atom is 0.129 e. The number of benzene rings is 2. The first-order valence-electron chi connectivity index (χ1n) is 6.69. The summed E-state index contributed by atoms with van der Waals surface area (Å²) in [7, 11) is 1.85. The van der Waals surface area contributed by atoms with Crippen molar-refractivity contribution in [3.63, 3.8) is 0 Å². The van der Waals surface area contributed by atoms with Crippen molar-refractivity contribution in [2.75, 3.05) is 7.05 Å². The molecule has 1 atom stereocenters. The van der Waals surface area contributed by atoms with Gasteiger partial charge in [0.25, 0.3) is 0 Å². The number of likely N-dealkylation sites (N-methyl/N-ethyl adjacent to an activating group) is 1. The van der Waals surface area contributed by atoms with E-state index in [4.69, 9.17) is 0 Å². The van der Waals surface area contributed by atoms with Gasteiger partial charge in [-0.25, -0.2) is 8.78 Å². The summed E-state index contributed by atoms with van der Waals surface area (Å²) in [6, 6.07) is 9.97. The summed E-state index contributed by atoms with van der Waals surface area (Å²) in [5.74, 6) is -1.03. The highest BCUT2D eigenvalue weighted by molar-refractivity contribution is 5.33. The second-order valence-electron chi connectivity index (χ2n) is 5.12. The zero-order valence-electron chi connectivity index (χ0n) is 12.0. The molecule has 0 radical (unpaired) electrons. The van der Waals surface area contributed by atoms with Gasteiger partial charge in [0, 0.05) is 12.1 Å². The smallest absolute Gasteiger partial charge is 0.129 e. The van der Waals surface area contributed by atoms with Crippen LogP contribution in [0.1, 0.15) is 28.3 Å². The van der Waals surface area contributed by atoms with Crippen LogP contribution in [0.2, 0.25) is 0 Å². The van der Waals surface area contributed by atoms with Crippen LogP contribution in [0.5, 0.6) is 0 Å². The zero-order chi connectivity index (χ0) is 14.7. The number of nitrogens with one attached hydrogen (secondary N) is 1. The lowest BCUT2D eigenvalue weighted by atomic mass is 9.96. The topological polar surface area (TPSA) is 12.0 Å². The fourth-order valence-electron chi connectivity index (χ4n) is 2.28. The number of aryl methyl sites for hydroxylation is 2. The van der Waals surface area contributed by atoms with Gasteiger partial charge in [0.05, 0.1) is 0 Å². The first-order valence-corrected chi connectivity index (χ1v) is 6.69. The van der Waals surface area contributed by atoms with Crippen molar-refractivity contribution in [2.45, 2.75) is 26.3 Å². The molecule has 0 aliphatic heterocycles. The molecule has 2 rings (SSSR count). The van der Waals surface area contributed by atoms with Crippen molar-refractivity contribution in [1.82, 2.24) is 5.32 Å². The summed E-state index contributed by atoms with van der Waals surface area (Å²) >= 11 is 0. The van der Waals surface area contributed by atoms with Crippen molar-refractivity contribution >= 4 is 0 Å². The highest BCUT2D eigenvalue weighted by Gasteiger charge is 2.14. The maximum absolute atomic E-state index is 13.7. The molecule has 0 heterocycles. The number of rotatable bonds is 4. The first kappa shape index (κ1) is 14.7. The van der Waals surface area contributed by atoms with Crippen LogP contribution in [0.15, 0.2) is 36.4 Å². The fourth-order valence-corrected chi connectivity index (χ4v) is 2.28. The average molecular weight is 275 g/mol. The van der Waals surface area contributed by atoms with Crippen LogP contribution in [0, 0.1) is 25.5 Å². The maximum atomic E-state index is 13.7. The van der Waals surface area contributed by atoms with Crippen LogP contribution in [-0.4, -0.2) is 7.05 Å². The molecule has 0 spiro atoms. The lowest BCUT2D eigenvalue weighted by molar-refractivity contribution is 0.540. The molecule has 0 saturated heterocycles. The van der Waals surface area contributed by atoms with Crippen molar-refractivity contribution in [2.24, 2.45) is 0 Å². The molecule has 0 aliphatic carbocycles.